The van der Waals surface area contributed by atoms with E-state index in [1.165, 1.54) is 7.11 Å². The van der Waals surface area contributed by atoms with Crippen molar-refractivity contribution in [3.05, 3.63) is 48.2 Å². The van der Waals surface area contributed by atoms with E-state index >= 15 is 0 Å². The van der Waals surface area contributed by atoms with Crippen molar-refractivity contribution in [3.8, 4) is 0 Å². The predicted molar refractivity (Wildman–Crippen MR) is 114 cm³/mol. The van der Waals surface area contributed by atoms with Crippen LogP contribution < -0.4 is 15.5 Å². The van der Waals surface area contributed by atoms with Gasteiger partial charge in [0.25, 0.3) is 0 Å². The molecule has 32 heavy (non-hydrogen) atoms. The van der Waals surface area contributed by atoms with Crippen LogP contribution in [0, 0.1) is 11.6 Å². The Balaban J connectivity index is 1.66. The highest BCUT2D eigenvalue weighted by Crippen LogP contribution is 2.25. The van der Waals surface area contributed by atoms with Crippen LogP contribution in [0.15, 0.2) is 30.9 Å². The lowest BCUT2D eigenvalue weighted by Crippen LogP contribution is -2.37. The summed E-state index contributed by atoms with van der Waals surface area (Å²) in [6.45, 7) is 2.60. The second kappa shape index (κ2) is 9.83. The second-order valence-corrected chi connectivity index (χ2v) is 7.26. The Hall–Kier alpha value is -3.38. The molecule has 1 fully saturated rings. The van der Waals surface area contributed by atoms with E-state index in [4.69, 9.17) is 9.47 Å². The summed E-state index contributed by atoms with van der Waals surface area (Å²) >= 11 is 0. The molecule has 3 aromatic heterocycles. The highest BCUT2D eigenvalue weighted by Gasteiger charge is 2.21. The topological polar surface area (TPSA) is 102 Å². The number of aromatic nitrogens is 5. The number of morpholine rings is 1. The third kappa shape index (κ3) is 5.26. The average Bonchev–Trinajstić information content (AvgIpc) is 3.18. The summed E-state index contributed by atoms with van der Waals surface area (Å²) in [5, 5.41) is 6.23. The van der Waals surface area contributed by atoms with Gasteiger partial charge in [-0.15, -0.1) is 0 Å². The van der Waals surface area contributed by atoms with Gasteiger partial charge < -0.3 is 29.6 Å². The van der Waals surface area contributed by atoms with E-state index in [0.717, 1.165) is 12.3 Å². The quantitative estimate of drug-likeness (QED) is 0.539. The minimum Gasteiger partial charge on any atom is -0.382 e. The molecule has 1 aliphatic rings. The molecule has 0 amide bonds. The van der Waals surface area contributed by atoms with Crippen molar-refractivity contribution >= 4 is 23.4 Å². The van der Waals surface area contributed by atoms with Gasteiger partial charge in [-0.2, -0.15) is 9.97 Å². The number of halogens is 2. The van der Waals surface area contributed by atoms with Crippen molar-refractivity contribution < 1.29 is 18.3 Å². The number of nitrogens with one attached hydrogen (secondary N) is 2. The largest absolute Gasteiger partial charge is 0.382 e. The van der Waals surface area contributed by atoms with Gasteiger partial charge in [-0.1, -0.05) is 0 Å². The number of rotatable bonds is 8. The van der Waals surface area contributed by atoms with Gasteiger partial charge in [0.05, 0.1) is 38.4 Å². The molecular formula is C20H24F2N8O2. The van der Waals surface area contributed by atoms with Crippen LogP contribution in [-0.2, 0) is 16.5 Å². The van der Waals surface area contributed by atoms with E-state index in [-0.39, 0.29) is 18.2 Å². The van der Waals surface area contributed by atoms with Crippen molar-refractivity contribution in [1.82, 2.24) is 24.5 Å². The number of methoxy groups -OCH3 is 1. The molecule has 10 nitrogen and oxygen atoms in total. The number of hydrogen-bond acceptors (Lipinski definition) is 9. The first-order chi connectivity index (χ1) is 15.5. The van der Waals surface area contributed by atoms with Gasteiger partial charge >= 0.3 is 0 Å². The third-order valence-electron chi connectivity index (χ3n) is 4.81. The van der Waals surface area contributed by atoms with Crippen molar-refractivity contribution in [2.45, 2.75) is 6.04 Å². The Bertz CT molecular complexity index is 1060. The second-order valence-electron chi connectivity index (χ2n) is 7.26. The van der Waals surface area contributed by atoms with Crippen LogP contribution in [0.4, 0.5) is 32.2 Å². The van der Waals surface area contributed by atoms with E-state index < -0.39 is 17.7 Å². The van der Waals surface area contributed by atoms with Gasteiger partial charge in [0.2, 0.25) is 5.95 Å². The molecule has 1 saturated heterocycles. The Morgan fingerprint density at radius 3 is 2.66 bits per heavy atom. The minimum atomic E-state index is -0.782. The van der Waals surface area contributed by atoms with Crippen LogP contribution >= 0.6 is 0 Å². The summed E-state index contributed by atoms with van der Waals surface area (Å²) in [6, 6.07) is 1.86. The highest BCUT2D eigenvalue weighted by atomic mass is 19.1. The normalized spacial score (nSPS) is 14.9. The fraction of sp³-hybridized carbons (Fsp3) is 0.400. The zero-order valence-electron chi connectivity index (χ0n) is 17.8. The molecule has 12 heteroatoms. The van der Waals surface area contributed by atoms with E-state index in [1.54, 1.807) is 6.33 Å². The number of hydrogen-bond donors (Lipinski definition) is 2. The van der Waals surface area contributed by atoms with Crippen LogP contribution in [0.2, 0.25) is 0 Å². The van der Waals surface area contributed by atoms with Gasteiger partial charge in [-0.05, 0) is 0 Å². The number of nitrogens with zero attached hydrogens (tertiary/aromatic N) is 6. The summed E-state index contributed by atoms with van der Waals surface area (Å²) in [5.41, 5.74) is 0.00728. The Labute approximate surface area is 183 Å². The van der Waals surface area contributed by atoms with E-state index in [0.29, 0.717) is 43.8 Å². The molecule has 1 aliphatic heterocycles. The first-order valence-corrected chi connectivity index (χ1v) is 10.0. The molecule has 2 N–H and O–H groups in total. The fourth-order valence-electron chi connectivity index (χ4n) is 3.32. The third-order valence-corrected chi connectivity index (χ3v) is 4.81. The zero-order chi connectivity index (χ0) is 22.5. The Kier molecular flexibility index (Phi) is 6.71. The highest BCUT2D eigenvalue weighted by molar-refractivity contribution is 5.59. The molecule has 0 spiro atoms. The van der Waals surface area contributed by atoms with Crippen molar-refractivity contribution in [3.63, 3.8) is 0 Å². The first-order valence-electron chi connectivity index (χ1n) is 10.0. The summed E-state index contributed by atoms with van der Waals surface area (Å²) in [5.74, 6) is 0.495. The van der Waals surface area contributed by atoms with Crippen LogP contribution in [0.25, 0.3) is 0 Å². The van der Waals surface area contributed by atoms with Crippen molar-refractivity contribution in [2.24, 2.45) is 7.05 Å². The van der Waals surface area contributed by atoms with Gasteiger partial charge in [-0.25, -0.2) is 13.8 Å². The molecule has 0 radical (unpaired) electrons. The first kappa shape index (κ1) is 21.8. The maximum atomic E-state index is 14.4. The molecule has 0 aromatic carbocycles. The molecular weight excluding hydrogens is 422 g/mol. The molecule has 0 bridgehead atoms. The Morgan fingerprint density at radius 2 is 1.97 bits per heavy atom. The van der Waals surface area contributed by atoms with E-state index in [1.807, 2.05) is 23.9 Å². The van der Waals surface area contributed by atoms with E-state index in [2.05, 4.69) is 35.5 Å². The lowest BCUT2D eigenvalue weighted by molar-refractivity contribution is 0.122. The summed E-state index contributed by atoms with van der Waals surface area (Å²) in [6.07, 6.45) is 4.44. The molecule has 170 valence electrons. The summed E-state index contributed by atoms with van der Waals surface area (Å²) in [7, 11) is 3.35. The maximum absolute atomic E-state index is 14.4. The number of anilines is 4. The number of pyridine rings is 1. The van der Waals surface area contributed by atoms with Crippen molar-refractivity contribution in [1.29, 1.82) is 0 Å². The molecule has 0 saturated carbocycles. The van der Waals surface area contributed by atoms with Crippen LogP contribution in [0.3, 0.4) is 0 Å². The van der Waals surface area contributed by atoms with Gasteiger partial charge in [0.15, 0.2) is 0 Å². The standard InChI is InChI=1S/C20H24F2N8O2/c1-29-10-17(24-12-29)26-16-8-18(30-3-5-32-6-4-30)28-20(27-16)25-15(11-31-2)19-14(22)7-13(21)9-23-19/h7-10,12,15H,3-6,11H2,1-2H3,(H2,25,26,27,28)/t15-/m1/s1. The molecule has 0 unspecified atom stereocenters. The number of aryl methyl sites for hydroxylation is 1. The fourth-order valence-corrected chi connectivity index (χ4v) is 3.32. The van der Waals surface area contributed by atoms with Crippen LogP contribution in [-0.4, -0.2) is 64.5 Å². The maximum Gasteiger partial charge on any atom is 0.227 e. The minimum absolute atomic E-state index is 0.00728. The van der Waals surface area contributed by atoms with Crippen LogP contribution in [0.5, 0.6) is 0 Å². The molecule has 3 aromatic rings. The van der Waals surface area contributed by atoms with Crippen molar-refractivity contribution in [2.75, 3.05) is 55.6 Å². The predicted octanol–water partition coefficient (Wildman–Crippen LogP) is 2.26. The molecule has 4 heterocycles. The molecule has 4 rings (SSSR count). The van der Waals surface area contributed by atoms with Gasteiger partial charge in [-0.3, -0.25) is 4.98 Å². The smallest absolute Gasteiger partial charge is 0.227 e. The lowest BCUT2D eigenvalue weighted by Gasteiger charge is -2.28. The number of imidazole rings is 1. The van der Waals surface area contributed by atoms with Gasteiger partial charge in [0.1, 0.15) is 34.8 Å². The zero-order valence-corrected chi connectivity index (χ0v) is 17.8. The van der Waals surface area contributed by atoms with E-state index in [9.17, 15) is 8.78 Å². The summed E-state index contributed by atoms with van der Waals surface area (Å²) in [4.78, 5) is 19.3. The van der Waals surface area contributed by atoms with Crippen LogP contribution in [0.1, 0.15) is 11.7 Å². The Morgan fingerprint density at radius 1 is 1.16 bits per heavy atom. The number of ether oxygens (including phenoxy) is 2. The monoisotopic (exact) mass is 446 g/mol. The SMILES string of the molecule is COC[C@@H](Nc1nc(Nc2cn(C)cn2)cc(N2CCOCC2)n1)c1ncc(F)cc1F. The average molecular weight is 446 g/mol. The lowest BCUT2D eigenvalue weighted by atomic mass is 10.2. The molecule has 1 atom stereocenters. The van der Waals surface area contributed by atoms with Gasteiger partial charge in [0, 0.05) is 45.6 Å². The molecule has 0 aliphatic carbocycles. The summed E-state index contributed by atoms with van der Waals surface area (Å²) < 4.78 is 40.2.